The largest absolute Gasteiger partial charge is 0.337 e. The fraction of sp³-hybridized carbons (Fsp3) is 0.211. The molecule has 2 aromatic carbocycles. The Bertz CT molecular complexity index is 810. The van der Waals surface area contributed by atoms with Crippen LogP contribution in [0.15, 0.2) is 61.2 Å². The van der Waals surface area contributed by atoms with Gasteiger partial charge in [-0.15, -0.1) is 0 Å². The van der Waals surface area contributed by atoms with E-state index in [0.29, 0.717) is 18.7 Å². The summed E-state index contributed by atoms with van der Waals surface area (Å²) >= 11 is 0. The van der Waals surface area contributed by atoms with E-state index in [4.69, 9.17) is 0 Å². The molecule has 0 bridgehead atoms. The molecule has 24 heavy (non-hydrogen) atoms. The molecule has 0 fully saturated rings. The number of nitrogens with zero attached hydrogens (tertiary/aromatic N) is 4. The van der Waals surface area contributed by atoms with Crippen LogP contribution in [0.2, 0.25) is 0 Å². The van der Waals surface area contributed by atoms with E-state index in [-0.39, 0.29) is 5.91 Å². The molecule has 5 nitrogen and oxygen atoms in total. The highest BCUT2D eigenvalue weighted by Crippen LogP contribution is 2.13. The van der Waals surface area contributed by atoms with Crippen molar-refractivity contribution in [3.63, 3.8) is 0 Å². The molecule has 0 radical (unpaired) electrons. The van der Waals surface area contributed by atoms with Crippen molar-refractivity contribution in [3.05, 3.63) is 83.4 Å². The third-order valence-electron chi connectivity index (χ3n) is 4.03. The van der Waals surface area contributed by atoms with Gasteiger partial charge in [0, 0.05) is 19.2 Å². The molecule has 5 heteroatoms. The zero-order chi connectivity index (χ0) is 16.9. The van der Waals surface area contributed by atoms with Gasteiger partial charge in [-0.1, -0.05) is 36.4 Å². The Morgan fingerprint density at radius 3 is 2.54 bits per heavy atom. The Labute approximate surface area is 141 Å². The van der Waals surface area contributed by atoms with Gasteiger partial charge in [-0.2, -0.15) is 5.10 Å². The average molecular weight is 320 g/mol. The highest BCUT2D eigenvalue weighted by atomic mass is 16.2. The van der Waals surface area contributed by atoms with E-state index in [9.17, 15) is 4.79 Å². The lowest BCUT2D eigenvalue weighted by molar-refractivity contribution is 0.0785. The summed E-state index contributed by atoms with van der Waals surface area (Å²) < 4.78 is 1.75. The van der Waals surface area contributed by atoms with Crippen LogP contribution >= 0.6 is 0 Å². The second-order valence-corrected chi connectivity index (χ2v) is 5.88. The van der Waals surface area contributed by atoms with Crippen molar-refractivity contribution in [2.24, 2.45) is 0 Å². The number of benzene rings is 2. The molecule has 3 rings (SSSR count). The van der Waals surface area contributed by atoms with E-state index in [1.54, 1.807) is 15.9 Å². The Kier molecular flexibility index (Phi) is 4.70. The summed E-state index contributed by atoms with van der Waals surface area (Å²) in [5, 5.41) is 4.08. The van der Waals surface area contributed by atoms with Crippen LogP contribution in [-0.2, 0) is 13.1 Å². The highest BCUT2D eigenvalue weighted by molar-refractivity contribution is 5.94. The number of aryl methyl sites for hydroxylation is 1. The van der Waals surface area contributed by atoms with E-state index in [1.807, 2.05) is 43.4 Å². The number of amides is 1. The molecule has 0 N–H and O–H groups in total. The number of rotatable bonds is 5. The van der Waals surface area contributed by atoms with Crippen LogP contribution < -0.4 is 0 Å². The minimum absolute atomic E-state index is 0.0190. The summed E-state index contributed by atoms with van der Waals surface area (Å²) in [6, 6.07) is 15.8. The Hall–Kier alpha value is -2.95. The molecule has 0 aliphatic carbocycles. The molecule has 3 aromatic rings. The van der Waals surface area contributed by atoms with Gasteiger partial charge in [-0.25, -0.2) is 9.67 Å². The number of aromatic nitrogens is 3. The fourth-order valence-electron chi connectivity index (χ4n) is 2.59. The van der Waals surface area contributed by atoms with Gasteiger partial charge in [0.25, 0.3) is 5.91 Å². The predicted octanol–water partition coefficient (Wildman–Crippen LogP) is 2.91. The van der Waals surface area contributed by atoms with Crippen molar-refractivity contribution in [1.29, 1.82) is 0 Å². The van der Waals surface area contributed by atoms with Crippen molar-refractivity contribution in [1.82, 2.24) is 19.7 Å². The monoisotopic (exact) mass is 320 g/mol. The molecule has 0 atom stereocenters. The molecule has 0 unspecified atom stereocenters. The number of hydrogen-bond acceptors (Lipinski definition) is 3. The molecule has 1 heterocycles. The smallest absolute Gasteiger partial charge is 0.253 e. The van der Waals surface area contributed by atoms with Crippen LogP contribution in [0.1, 0.15) is 27.0 Å². The summed E-state index contributed by atoms with van der Waals surface area (Å²) in [6.45, 7) is 3.31. The summed E-state index contributed by atoms with van der Waals surface area (Å²) in [7, 11) is 1.83. The lowest BCUT2D eigenvalue weighted by Gasteiger charge is -2.18. The van der Waals surface area contributed by atoms with Crippen LogP contribution in [0.25, 0.3) is 0 Å². The van der Waals surface area contributed by atoms with Crippen LogP contribution in [0, 0.1) is 6.92 Å². The first-order valence-corrected chi connectivity index (χ1v) is 7.85. The van der Waals surface area contributed by atoms with Gasteiger partial charge in [-0.3, -0.25) is 4.79 Å². The number of carbonyl (C=O) groups is 1. The molecular weight excluding hydrogens is 300 g/mol. The maximum absolute atomic E-state index is 12.6. The second-order valence-electron chi connectivity index (χ2n) is 5.88. The molecule has 1 amide bonds. The predicted molar refractivity (Wildman–Crippen MR) is 92.5 cm³/mol. The van der Waals surface area contributed by atoms with Gasteiger partial charge in [-0.05, 0) is 35.7 Å². The van der Waals surface area contributed by atoms with Crippen LogP contribution in [0.5, 0.6) is 0 Å². The van der Waals surface area contributed by atoms with Crippen molar-refractivity contribution in [2.45, 2.75) is 20.0 Å². The van der Waals surface area contributed by atoms with Gasteiger partial charge < -0.3 is 4.90 Å². The topological polar surface area (TPSA) is 51.0 Å². The summed E-state index contributed by atoms with van der Waals surface area (Å²) in [4.78, 5) is 18.3. The van der Waals surface area contributed by atoms with Crippen molar-refractivity contribution in [3.8, 4) is 0 Å². The maximum atomic E-state index is 12.6. The maximum Gasteiger partial charge on any atom is 0.253 e. The standard InChI is InChI=1S/C19H20N4O/c1-15-5-3-4-6-18(15)12-22(2)19(24)17-9-7-16(8-10-17)11-23-14-20-13-21-23/h3-10,13-14H,11-12H2,1-2H3. The minimum Gasteiger partial charge on any atom is -0.337 e. The van der Waals surface area contributed by atoms with Crippen LogP contribution in [-0.4, -0.2) is 32.6 Å². The second kappa shape index (κ2) is 7.08. The fourth-order valence-corrected chi connectivity index (χ4v) is 2.59. The highest BCUT2D eigenvalue weighted by Gasteiger charge is 2.12. The Balaban J connectivity index is 1.67. The van der Waals surface area contributed by atoms with E-state index in [0.717, 1.165) is 11.1 Å². The zero-order valence-electron chi connectivity index (χ0n) is 13.9. The summed E-state index contributed by atoms with van der Waals surface area (Å²) in [6.07, 6.45) is 3.19. The van der Waals surface area contributed by atoms with E-state index >= 15 is 0 Å². The van der Waals surface area contributed by atoms with Gasteiger partial charge in [0.05, 0.1) is 6.54 Å². The summed E-state index contributed by atoms with van der Waals surface area (Å²) in [5.41, 5.74) is 4.13. The van der Waals surface area contributed by atoms with Crippen molar-refractivity contribution >= 4 is 5.91 Å². The molecule has 0 aliphatic rings. The Morgan fingerprint density at radius 2 is 1.88 bits per heavy atom. The van der Waals surface area contributed by atoms with E-state index in [2.05, 4.69) is 29.1 Å². The Morgan fingerprint density at radius 1 is 1.12 bits per heavy atom. The zero-order valence-corrected chi connectivity index (χ0v) is 13.9. The first-order chi connectivity index (χ1) is 11.6. The quantitative estimate of drug-likeness (QED) is 0.726. The van der Waals surface area contributed by atoms with E-state index < -0.39 is 0 Å². The lowest BCUT2D eigenvalue weighted by atomic mass is 10.1. The van der Waals surface area contributed by atoms with Gasteiger partial charge in [0.1, 0.15) is 12.7 Å². The molecule has 122 valence electrons. The molecule has 0 saturated carbocycles. The molecular formula is C19H20N4O. The number of hydrogen-bond donors (Lipinski definition) is 0. The summed E-state index contributed by atoms with van der Waals surface area (Å²) in [5.74, 6) is 0.0190. The van der Waals surface area contributed by atoms with Crippen molar-refractivity contribution < 1.29 is 4.79 Å². The molecule has 0 spiro atoms. The number of carbonyl (C=O) groups excluding carboxylic acids is 1. The van der Waals surface area contributed by atoms with Gasteiger partial charge in [0.2, 0.25) is 0 Å². The van der Waals surface area contributed by atoms with Crippen LogP contribution in [0.4, 0.5) is 0 Å². The molecule has 0 saturated heterocycles. The first-order valence-electron chi connectivity index (χ1n) is 7.85. The minimum atomic E-state index is 0.0190. The van der Waals surface area contributed by atoms with Crippen molar-refractivity contribution in [2.75, 3.05) is 7.05 Å². The van der Waals surface area contributed by atoms with E-state index in [1.165, 1.54) is 11.9 Å². The SMILES string of the molecule is Cc1ccccc1CN(C)C(=O)c1ccc(Cn2cncn2)cc1. The lowest BCUT2D eigenvalue weighted by Crippen LogP contribution is -2.26. The molecule has 0 aliphatic heterocycles. The van der Waals surface area contributed by atoms with Gasteiger partial charge in [0.15, 0.2) is 0 Å². The third kappa shape index (κ3) is 3.68. The normalized spacial score (nSPS) is 10.6. The average Bonchev–Trinajstić information content (AvgIpc) is 3.10. The van der Waals surface area contributed by atoms with Gasteiger partial charge >= 0.3 is 0 Å². The third-order valence-corrected chi connectivity index (χ3v) is 4.03. The van der Waals surface area contributed by atoms with Crippen LogP contribution in [0.3, 0.4) is 0 Å². The molecule has 1 aromatic heterocycles. The first kappa shape index (κ1) is 15.9.